The number of para-hydroxylation sites is 1. The Morgan fingerprint density at radius 2 is 0.881 bits per heavy atom. The van der Waals surface area contributed by atoms with Gasteiger partial charge in [-0.05, 0) is 116 Å². The average Bonchev–Trinajstić information content (AvgIpc) is 3.75. The highest BCUT2D eigenvalue weighted by molar-refractivity contribution is 6.10. The normalized spacial score (nSPS) is 12.7. The van der Waals surface area contributed by atoms with Gasteiger partial charge in [0.2, 0.25) is 0 Å². The molecule has 1 heterocycles. The molecule has 280 valence electrons. The lowest BCUT2D eigenvalue weighted by Gasteiger charge is -2.28. The molecule has 0 aliphatic heterocycles. The minimum absolute atomic E-state index is 0.110. The highest BCUT2D eigenvalue weighted by atomic mass is 15.1. The molecule has 59 heavy (non-hydrogen) atoms. The molecule has 0 unspecified atom stereocenters. The molecule has 1 aromatic heterocycles. The molecule has 0 saturated carbocycles. The largest absolute Gasteiger partial charge is 0.310 e. The summed E-state index contributed by atoms with van der Waals surface area (Å²) in [6.07, 6.45) is 0. The number of nitrogens with zero attached hydrogens (tertiary/aromatic N) is 2. The predicted octanol–water partition coefficient (Wildman–Crippen LogP) is 15.6. The van der Waals surface area contributed by atoms with Crippen LogP contribution in [0.1, 0.15) is 25.0 Å². The maximum atomic E-state index is 2.43. The summed E-state index contributed by atoms with van der Waals surface area (Å²) >= 11 is 0. The van der Waals surface area contributed by atoms with Crippen LogP contribution in [0.2, 0.25) is 0 Å². The number of benzene rings is 9. The molecule has 0 radical (unpaired) electrons. The maximum absolute atomic E-state index is 2.43. The first kappa shape index (κ1) is 34.8. The molecular formula is C57H42N2. The lowest BCUT2D eigenvalue weighted by atomic mass is 9.82. The van der Waals surface area contributed by atoms with Crippen molar-refractivity contribution < 1.29 is 0 Å². The van der Waals surface area contributed by atoms with Crippen molar-refractivity contribution in [1.29, 1.82) is 0 Å². The quantitative estimate of drug-likeness (QED) is 0.157. The molecule has 0 saturated heterocycles. The Balaban J connectivity index is 1.05. The lowest BCUT2D eigenvalue weighted by Crippen LogP contribution is -2.16. The van der Waals surface area contributed by atoms with Crippen molar-refractivity contribution >= 4 is 38.9 Å². The fourth-order valence-electron chi connectivity index (χ4n) is 9.42. The maximum Gasteiger partial charge on any atom is 0.0547 e. The van der Waals surface area contributed by atoms with Crippen LogP contribution in [0, 0.1) is 0 Å². The molecule has 10 aromatic rings. The third-order valence-corrected chi connectivity index (χ3v) is 12.4. The SMILES string of the molecule is CC1(C)c2ccccc2-c2ccc(N(c3ccc(-c4ccccc4)cc3)c3cccc(-c4ccc5c6ccccc6n(-c6cccc(-c7ccccc7)c6)c5c4)c3)cc21. The van der Waals surface area contributed by atoms with Crippen LogP contribution in [0.25, 0.3) is 72.0 Å². The van der Waals surface area contributed by atoms with Gasteiger partial charge in [0.25, 0.3) is 0 Å². The van der Waals surface area contributed by atoms with E-state index in [1.54, 1.807) is 0 Å². The van der Waals surface area contributed by atoms with Crippen molar-refractivity contribution in [2.45, 2.75) is 19.3 Å². The van der Waals surface area contributed by atoms with E-state index in [-0.39, 0.29) is 5.41 Å². The van der Waals surface area contributed by atoms with Gasteiger partial charge in [0.15, 0.2) is 0 Å². The molecule has 1 aliphatic rings. The number of aromatic nitrogens is 1. The smallest absolute Gasteiger partial charge is 0.0547 e. The van der Waals surface area contributed by atoms with Gasteiger partial charge in [-0.3, -0.25) is 0 Å². The molecule has 0 atom stereocenters. The summed E-state index contributed by atoms with van der Waals surface area (Å²) in [5, 5.41) is 2.49. The second-order valence-electron chi connectivity index (χ2n) is 16.2. The number of fused-ring (bicyclic) bond motifs is 6. The summed E-state index contributed by atoms with van der Waals surface area (Å²) in [6.45, 7) is 4.71. The topological polar surface area (TPSA) is 8.17 Å². The van der Waals surface area contributed by atoms with Gasteiger partial charge >= 0.3 is 0 Å². The minimum atomic E-state index is -0.110. The molecule has 9 aromatic carbocycles. The molecule has 0 bridgehead atoms. The van der Waals surface area contributed by atoms with Crippen molar-refractivity contribution in [3.05, 3.63) is 230 Å². The highest BCUT2D eigenvalue weighted by Crippen LogP contribution is 2.51. The van der Waals surface area contributed by atoms with E-state index >= 15 is 0 Å². The Bertz CT molecular complexity index is 3170. The highest BCUT2D eigenvalue weighted by Gasteiger charge is 2.35. The molecule has 0 fully saturated rings. The molecule has 0 amide bonds. The van der Waals surface area contributed by atoms with Crippen molar-refractivity contribution in [3.63, 3.8) is 0 Å². The summed E-state index contributed by atoms with van der Waals surface area (Å²) in [4.78, 5) is 2.42. The van der Waals surface area contributed by atoms with E-state index in [1.807, 2.05) is 0 Å². The van der Waals surface area contributed by atoms with Crippen LogP contribution in [0.4, 0.5) is 17.1 Å². The van der Waals surface area contributed by atoms with Gasteiger partial charge in [-0.2, -0.15) is 0 Å². The lowest BCUT2D eigenvalue weighted by molar-refractivity contribution is 0.660. The van der Waals surface area contributed by atoms with Gasteiger partial charge in [-0.15, -0.1) is 0 Å². The van der Waals surface area contributed by atoms with Crippen LogP contribution in [0.15, 0.2) is 218 Å². The third kappa shape index (κ3) is 5.87. The van der Waals surface area contributed by atoms with Gasteiger partial charge in [-0.25, -0.2) is 0 Å². The predicted molar refractivity (Wildman–Crippen MR) is 249 cm³/mol. The summed E-state index contributed by atoms with van der Waals surface area (Å²) < 4.78 is 2.43. The van der Waals surface area contributed by atoms with Crippen molar-refractivity contribution in [2.24, 2.45) is 0 Å². The summed E-state index contributed by atoms with van der Waals surface area (Å²) in [5.41, 5.74) is 19.3. The Kier molecular flexibility index (Phi) is 8.20. The Hall–Kier alpha value is -7.42. The average molecular weight is 755 g/mol. The molecule has 2 nitrogen and oxygen atoms in total. The van der Waals surface area contributed by atoms with Crippen molar-refractivity contribution in [2.75, 3.05) is 4.90 Å². The molecule has 1 aliphatic carbocycles. The first-order chi connectivity index (χ1) is 29.0. The van der Waals surface area contributed by atoms with Gasteiger partial charge in [-0.1, -0.05) is 172 Å². The van der Waals surface area contributed by atoms with Gasteiger partial charge in [0, 0.05) is 38.9 Å². The second kappa shape index (κ2) is 13.9. The summed E-state index contributed by atoms with van der Waals surface area (Å²) in [5.74, 6) is 0. The van der Waals surface area contributed by atoms with E-state index in [2.05, 4.69) is 242 Å². The van der Waals surface area contributed by atoms with Crippen LogP contribution in [0.3, 0.4) is 0 Å². The zero-order valence-corrected chi connectivity index (χ0v) is 33.2. The number of anilines is 3. The van der Waals surface area contributed by atoms with Crippen LogP contribution < -0.4 is 4.90 Å². The van der Waals surface area contributed by atoms with Crippen molar-refractivity contribution in [3.8, 4) is 50.2 Å². The zero-order valence-electron chi connectivity index (χ0n) is 33.2. The Labute approximate surface area is 345 Å². The van der Waals surface area contributed by atoms with E-state index in [0.29, 0.717) is 0 Å². The zero-order chi connectivity index (χ0) is 39.5. The van der Waals surface area contributed by atoms with Crippen molar-refractivity contribution in [1.82, 2.24) is 4.57 Å². The van der Waals surface area contributed by atoms with Gasteiger partial charge in [0.1, 0.15) is 0 Å². The van der Waals surface area contributed by atoms with Crippen LogP contribution in [-0.2, 0) is 5.41 Å². The van der Waals surface area contributed by atoms with E-state index < -0.39 is 0 Å². The first-order valence-corrected chi connectivity index (χ1v) is 20.5. The Morgan fingerprint density at radius 1 is 0.339 bits per heavy atom. The van der Waals surface area contributed by atoms with E-state index in [9.17, 15) is 0 Å². The fourth-order valence-corrected chi connectivity index (χ4v) is 9.42. The second-order valence-corrected chi connectivity index (χ2v) is 16.2. The summed E-state index contributed by atoms with van der Waals surface area (Å²) in [7, 11) is 0. The molecule has 2 heteroatoms. The fraction of sp³-hybridized carbons (Fsp3) is 0.0526. The number of hydrogen-bond acceptors (Lipinski definition) is 1. The third-order valence-electron chi connectivity index (χ3n) is 12.4. The van der Waals surface area contributed by atoms with E-state index in [0.717, 1.165) is 22.7 Å². The monoisotopic (exact) mass is 754 g/mol. The Morgan fingerprint density at radius 3 is 1.68 bits per heavy atom. The van der Waals surface area contributed by atoms with E-state index in [4.69, 9.17) is 0 Å². The molecular weight excluding hydrogens is 713 g/mol. The summed E-state index contributed by atoms with van der Waals surface area (Å²) in [6, 6.07) is 79.9. The number of hydrogen-bond donors (Lipinski definition) is 0. The molecule has 11 rings (SSSR count). The van der Waals surface area contributed by atoms with Gasteiger partial charge < -0.3 is 9.47 Å². The first-order valence-electron chi connectivity index (χ1n) is 20.5. The van der Waals surface area contributed by atoms with Gasteiger partial charge in [0.05, 0.1) is 11.0 Å². The minimum Gasteiger partial charge on any atom is -0.310 e. The molecule has 0 spiro atoms. The van der Waals surface area contributed by atoms with Crippen LogP contribution in [0.5, 0.6) is 0 Å². The van der Waals surface area contributed by atoms with Crippen LogP contribution >= 0.6 is 0 Å². The number of rotatable bonds is 7. The van der Waals surface area contributed by atoms with E-state index in [1.165, 1.54) is 77.4 Å². The van der Waals surface area contributed by atoms with Crippen LogP contribution in [-0.4, -0.2) is 4.57 Å². The molecule has 0 N–H and O–H groups in total. The standard InChI is InChI=1S/C57H42N2/c1-57(2)53-25-11-9-23-49(53)50-34-32-48(38-54(50)57)58(45-30-27-41(28-31-45)39-15-5-3-6-16-39)46-21-14-20-43(36-46)44-29-33-52-51-24-10-12-26-55(51)59(56(52)37-44)47-22-13-19-42(35-47)40-17-7-4-8-18-40/h3-38H,1-2H3.